The van der Waals surface area contributed by atoms with Gasteiger partial charge in [-0.15, -0.1) is 0 Å². The fourth-order valence-corrected chi connectivity index (χ4v) is 4.19. The van der Waals surface area contributed by atoms with Crippen LogP contribution in [-0.2, 0) is 19.1 Å². The Balaban J connectivity index is 1.77. The number of carbonyl (C=O) groups excluding carboxylic acids is 4. The van der Waals surface area contributed by atoms with E-state index in [1.54, 1.807) is 19.9 Å². The summed E-state index contributed by atoms with van der Waals surface area (Å²) in [5.74, 6) is -1.66. The Bertz CT molecular complexity index is 1320. The summed E-state index contributed by atoms with van der Waals surface area (Å²) < 4.78 is 11.4. The van der Waals surface area contributed by atoms with Crippen molar-refractivity contribution >= 4 is 29.4 Å². The molecule has 0 aromatic carbocycles. The van der Waals surface area contributed by atoms with Gasteiger partial charge >= 0.3 is 5.97 Å². The lowest BCUT2D eigenvalue weighted by atomic mass is 9.97. The Morgan fingerprint density at radius 2 is 2.05 bits per heavy atom. The molecule has 1 aliphatic rings. The molecule has 3 atom stereocenters. The molecule has 3 amide bonds. The molecule has 12 heteroatoms. The van der Waals surface area contributed by atoms with Crippen LogP contribution in [0.5, 0.6) is 0 Å². The fourth-order valence-electron chi connectivity index (χ4n) is 4.19. The van der Waals surface area contributed by atoms with Gasteiger partial charge in [0.1, 0.15) is 17.5 Å². The van der Waals surface area contributed by atoms with Gasteiger partial charge in [0.2, 0.25) is 11.8 Å². The summed E-state index contributed by atoms with van der Waals surface area (Å²) in [5.41, 5.74) is -0.794. The number of pyridine rings is 1. The van der Waals surface area contributed by atoms with Crippen molar-refractivity contribution in [2.24, 2.45) is 11.3 Å². The van der Waals surface area contributed by atoms with Crippen LogP contribution < -0.4 is 21.5 Å². The zero-order chi connectivity index (χ0) is 29.4. The second-order valence-corrected chi connectivity index (χ2v) is 11.0. The topological polar surface area (TPSA) is 162 Å². The summed E-state index contributed by atoms with van der Waals surface area (Å²) in [6, 6.07) is 2.84. The van der Waals surface area contributed by atoms with Crippen LogP contribution in [0, 0.1) is 18.3 Å². The van der Waals surface area contributed by atoms with E-state index in [4.69, 9.17) is 9.26 Å². The van der Waals surface area contributed by atoms with Gasteiger partial charge < -0.3 is 29.8 Å². The first-order valence-electron chi connectivity index (χ1n) is 13.3. The molecule has 0 bridgehead atoms. The van der Waals surface area contributed by atoms with E-state index in [1.807, 2.05) is 20.8 Å². The first-order valence-corrected chi connectivity index (χ1v) is 13.3. The fraction of sp³-hybridized carbons (Fsp3) is 0.500. The lowest BCUT2D eigenvalue weighted by Crippen LogP contribution is -2.43. The van der Waals surface area contributed by atoms with E-state index in [0.29, 0.717) is 18.7 Å². The van der Waals surface area contributed by atoms with E-state index in [1.165, 1.54) is 35.0 Å². The van der Waals surface area contributed by atoms with E-state index in [-0.39, 0.29) is 48.1 Å². The quantitative estimate of drug-likeness (QED) is 0.281. The highest BCUT2D eigenvalue weighted by molar-refractivity contribution is 6.02. The predicted molar refractivity (Wildman–Crippen MR) is 146 cm³/mol. The van der Waals surface area contributed by atoms with Crippen molar-refractivity contribution in [3.63, 3.8) is 0 Å². The number of esters is 1. The van der Waals surface area contributed by atoms with Crippen molar-refractivity contribution < 1.29 is 28.4 Å². The highest BCUT2D eigenvalue weighted by Gasteiger charge is 2.29. The number of anilines is 1. The van der Waals surface area contributed by atoms with Crippen LogP contribution in [-0.4, -0.2) is 52.6 Å². The normalized spacial score (nSPS) is 16.8. The first kappa shape index (κ1) is 30.3. The second-order valence-electron chi connectivity index (χ2n) is 11.0. The number of carbonyl (C=O) groups is 4. The standard InChI is InChI=1S/C28H37N5O7/c1-6-22(33-13-7-8-20(27(33)38)31-25(36)21-14-17(2)40-32-21)26(37)30-19(15-18-11-12-29-24(18)35)9-10-23(34)39-16-28(3,4)5/h7-10,13-14,18-19,22H,6,11-12,15-16H2,1-5H3,(H,29,35)(H,30,37)(H,31,36). The van der Waals surface area contributed by atoms with Crippen molar-refractivity contribution in [3.8, 4) is 0 Å². The third-order valence-electron chi connectivity index (χ3n) is 6.25. The minimum atomic E-state index is -0.917. The molecule has 12 nitrogen and oxygen atoms in total. The van der Waals surface area contributed by atoms with Crippen molar-refractivity contribution in [2.75, 3.05) is 18.5 Å². The van der Waals surface area contributed by atoms with Gasteiger partial charge in [-0.05, 0) is 43.7 Å². The monoisotopic (exact) mass is 555 g/mol. The second kappa shape index (κ2) is 13.2. The number of nitrogens with one attached hydrogen (secondary N) is 3. The molecule has 0 saturated carbocycles. The van der Waals surface area contributed by atoms with Gasteiger partial charge in [-0.1, -0.05) is 38.9 Å². The molecule has 0 spiro atoms. The van der Waals surface area contributed by atoms with Crippen LogP contribution in [0.1, 0.15) is 69.2 Å². The van der Waals surface area contributed by atoms with Gasteiger partial charge in [0.05, 0.1) is 6.61 Å². The SMILES string of the molecule is CCC(C(=O)NC(C=CC(=O)OCC(C)(C)C)CC1CCNC1=O)n1cccc(NC(=O)c2cc(C)on2)c1=O. The molecule has 1 fully saturated rings. The van der Waals surface area contributed by atoms with Crippen LogP contribution in [0.4, 0.5) is 5.69 Å². The number of nitrogens with zero attached hydrogens (tertiary/aromatic N) is 2. The van der Waals surface area contributed by atoms with Gasteiger partial charge in [-0.25, -0.2) is 4.79 Å². The summed E-state index contributed by atoms with van der Waals surface area (Å²) in [7, 11) is 0. The maximum Gasteiger partial charge on any atom is 0.330 e. The predicted octanol–water partition coefficient (Wildman–Crippen LogP) is 2.50. The Hall–Kier alpha value is -4.22. The van der Waals surface area contributed by atoms with E-state index >= 15 is 0 Å². The Morgan fingerprint density at radius 1 is 1.30 bits per heavy atom. The molecule has 3 rings (SSSR count). The van der Waals surface area contributed by atoms with Crippen LogP contribution >= 0.6 is 0 Å². The summed E-state index contributed by atoms with van der Waals surface area (Å²) in [5, 5.41) is 11.8. The van der Waals surface area contributed by atoms with Crippen molar-refractivity contribution in [2.45, 2.75) is 66.0 Å². The van der Waals surface area contributed by atoms with Gasteiger partial charge in [0.25, 0.3) is 11.5 Å². The zero-order valence-corrected chi connectivity index (χ0v) is 23.5. The number of ether oxygens (including phenoxy) is 1. The number of rotatable bonds is 11. The number of aromatic nitrogens is 2. The molecule has 0 aliphatic carbocycles. The third-order valence-corrected chi connectivity index (χ3v) is 6.25. The van der Waals surface area contributed by atoms with Crippen LogP contribution in [0.2, 0.25) is 0 Å². The van der Waals surface area contributed by atoms with Gasteiger partial charge in [0, 0.05) is 36.8 Å². The smallest absolute Gasteiger partial charge is 0.330 e. The Morgan fingerprint density at radius 3 is 2.65 bits per heavy atom. The van der Waals surface area contributed by atoms with Gasteiger partial charge in [-0.3, -0.25) is 19.2 Å². The van der Waals surface area contributed by atoms with Gasteiger partial charge in [0.15, 0.2) is 5.69 Å². The van der Waals surface area contributed by atoms with Crippen molar-refractivity contribution in [1.29, 1.82) is 0 Å². The molecule has 2 aromatic heterocycles. The highest BCUT2D eigenvalue weighted by atomic mass is 16.5. The molecule has 3 N–H and O–H groups in total. The molecule has 216 valence electrons. The molecule has 2 aromatic rings. The van der Waals surface area contributed by atoms with Gasteiger partial charge in [-0.2, -0.15) is 0 Å². The molecule has 40 heavy (non-hydrogen) atoms. The number of hydrogen-bond donors (Lipinski definition) is 3. The maximum atomic E-state index is 13.4. The third kappa shape index (κ3) is 8.39. The summed E-state index contributed by atoms with van der Waals surface area (Å²) >= 11 is 0. The number of amides is 3. The molecule has 3 unspecified atom stereocenters. The van der Waals surface area contributed by atoms with Crippen LogP contribution in [0.3, 0.4) is 0 Å². The minimum Gasteiger partial charge on any atom is -0.462 e. The van der Waals surface area contributed by atoms with E-state index in [2.05, 4.69) is 21.1 Å². The molecule has 0 radical (unpaired) electrons. The van der Waals surface area contributed by atoms with Crippen LogP contribution in [0.25, 0.3) is 0 Å². The zero-order valence-electron chi connectivity index (χ0n) is 23.5. The van der Waals surface area contributed by atoms with Crippen molar-refractivity contribution in [1.82, 2.24) is 20.4 Å². The van der Waals surface area contributed by atoms with Crippen LogP contribution in [0.15, 0.2) is 45.9 Å². The molecule has 3 heterocycles. The largest absolute Gasteiger partial charge is 0.462 e. The average molecular weight is 556 g/mol. The summed E-state index contributed by atoms with van der Waals surface area (Å²) in [6.07, 6.45) is 5.37. The molecular formula is C28H37N5O7. The summed E-state index contributed by atoms with van der Waals surface area (Å²) in [6.45, 7) is 9.97. The molecule has 1 aliphatic heterocycles. The van der Waals surface area contributed by atoms with E-state index < -0.39 is 35.4 Å². The van der Waals surface area contributed by atoms with E-state index in [0.717, 1.165) is 0 Å². The number of aryl methyl sites for hydroxylation is 1. The average Bonchev–Trinajstić information content (AvgIpc) is 3.51. The minimum absolute atomic E-state index is 0.0173. The first-order chi connectivity index (χ1) is 18.9. The molecule has 1 saturated heterocycles. The number of hydrogen-bond acceptors (Lipinski definition) is 8. The molecular weight excluding hydrogens is 518 g/mol. The highest BCUT2D eigenvalue weighted by Crippen LogP contribution is 2.19. The van der Waals surface area contributed by atoms with E-state index in [9.17, 15) is 24.0 Å². The van der Waals surface area contributed by atoms with Crippen molar-refractivity contribution in [3.05, 3.63) is 58.4 Å². The maximum absolute atomic E-state index is 13.4. The lowest BCUT2D eigenvalue weighted by molar-refractivity contribution is -0.140. The summed E-state index contributed by atoms with van der Waals surface area (Å²) in [4.78, 5) is 63.6. The Labute approximate surface area is 232 Å². The lowest BCUT2D eigenvalue weighted by Gasteiger charge is -2.23. The Kier molecular flexibility index (Phi) is 10.0.